The summed E-state index contributed by atoms with van der Waals surface area (Å²) in [6.07, 6.45) is 6.38. The van der Waals surface area contributed by atoms with Crippen molar-refractivity contribution in [1.29, 1.82) is 0 Å². The lowest BCUT2D eigenvalue weighted by molar-refractivity contribution is -0.122. The summed E-state index contributed by atoms with van der Waals surface area (Å²) in [5.74, 6) is 1.25. The second kappa shape index (κ2) is 4.94. The first kappa shape index (κ1) is 13.0. The summed E-state index contributed by atoms with van der Waals surface area (Å²) in [6.45, 7) is 0.0631. The summed E-state index contributed by atoms with van der Waals surface area (Å²) in [5.41, 5.74) is -0.134. The second-order valence-corrected chi connectivity index (χ2v) is 6.98. The SMILES string of the molecule is O=C(Cn1cnc2sccc2c1=O)NC(C1CC1)C1CC1. The van der Waals surface area contributed by atoms with Crippen LogP contribution in [-0.2, 0) is 11.3 Å². The number of nitrogens with one attached hydrogen (secondary N) is 1. The van der Waals surface area contributed by atoms with Crippen LogP contribution in [0.1, 0.15) is 25.7 Å². The molecule has 5 nitrogen and oxygen atoms in total. The van der Waals surface area contributed by atoms with Gasteiger partial charge in [-0.2, -0.15) is 0 Å². The third-order valence-electron chi connectivity index (χ3n) is 4.35. The Morgan fingerprint density at radius 3 is 2.76 bits per heavy atom. The summed E-state index contributed by atoms with van der Waals surface area (Å²) in [5, 5.41) is 5.58. The zero-order chi connectivity index (χ0) is 14.4. The molecule has 0 radical (unpaired) electrons. The van der Waals surface area contributed by atoms with Gasteiger partial charge in [-0.15, -0.1) is 11.3 Å². The van der Waals surface area contributed by atoms with E-state index in [2.05, 4.69) is 10.3 Å². The number of aromatic nitrogens is 2. The van der Waals surface area contributed by atoms with Crippen molar-refractivity contribution in [3.63, 3.8) is 0 Å². The maximum Gasteiger partial charge on any atom is 0.262 e. The van der Waals surface area contributed by atoms with E-state index in [0.29, 0.717) is 23.3 Å². The van der Waals surface area contributed by atoms with Crippen molar-refractivity contribution in [2.24, 2.45) is 11.8 Å². The minimum Gasteiger partial charge on any atom is -0.351 e. The normalized spacial score (nSPS) is 18.3. The second-order valence-electron chi connectivity index (χ2n) is 6.09. The van der Waals surface area contributed by atoms with E-state index < -0.39 is 0 Å². The van der Waals surface area contributed by atoms with E-state index in [-0.39, 0.29) is 18.0 Å². The number of hydrogen-bond donors (Lipinski definition) is 1. The fourth-order valence-electron chi connectivity index (χ4n) is 2.92. The third kappa shape index (κ3) is 2.60. The molecule has 0 saturated heterocycles. The number of carbonyl (C=O) groups excluding carboxylic acids is 1. The predicted molar refractivity (Wildman–Crippen MR) is 81.3 cm³/mol. The molecule has 0 unspecified atom stereocenters. The van der Waals surface area contributed by atoms with Gasteiger partial charge in [0.1, 0.15) is 11.4 Å². The van der Waals surface area contributed by atoms with E-state index >= 15 is 0 Å². The highest BCUT2D eigenvalue weighted by atomic mass is 32.1. The Labute approximate surface area is 126 Å². The average molecular weight is 303 g/mol. The zero-order valence-electron chi connectivity index (χ0n) is 11.6. The number of carbonyl (C=O) groups is 1. The van der Waals surface area contributed by atoms with E-state index in [9.17, 15) is 9.59 Å². The number of nitrogens with zero attached hydrogens (tertiary/aromatic N) is 2. The monoisotopic (exact) mass is 303 g/mol. The van der Waals surface area contributed by atoms with Crippen LogP contribution in [0.25, 0.3) is 10.2 Å². The molecule has 1 N–H and O–H groups in total. The lowest BCUT2D eigenvalue weighted by Crippen LogP contribution is -2.41. The van der Waals surface area contributed by atoms with Crippen LogP contribution in [0.4, 0.5) is 0 Å². The topological polar surface area (TPSA) is 64.0 Å². The van der Waals surface area contributed by atoms with Crippen LogP contribution in [0.15, 0.2) is 22.6 Å². The molecule has 21 heavy (non-hydrogen) atoms. The summed E-state index contributed by atoms with van der Waals surface area (Å²) in [7, 11) is 0. The minimum absolute atomic E-state index is 0.0631. The Morgan fingerprint density at radius 1 is 1.38 bits per heavy atom. The highest BCUT2D eigenvalue weighted by Crippen LogP contribution is 2.44. The number of fused-ring (bicyclic) bond motifs is 1. The van der Waals surface area contributed by atoms with Gasteiger partial charge in [-0.25, -0.2) is 4.98 Å². The van der Waals surface area contributed by atoms with E-state index in [0.717, 1.165) is 4.83 Å². The largest absolute Gasteiger partial charge is 0.351 e. The van der Waals surface area contributed by atoms with Gasteiger partial charge in [0.05, 0.1) is 11.7 Å². The van der Waals surface area contributed by atoms with Crippen LogP contribution in [-0.4, -0.2) is 21.5 Å². The first-order valence-corrected chi connectivity index (χ1v) is 8.32. The summed E-state index contributed by atoms with van der Waals surface area (Å²) in [6, 6.07) is 2.09. The molecule has 2 fully saturated rings. The molecule has 6 heteroatoms. The van der Waals surface area contributed by atoms with Crippen LogP contribution in [0.3, 0.4) is 0 Å². The summed E-state index contributed by atoms with van der Waals surface area (Å²) < 4.78 is 1.40. The Morgan fingerprint density at radius 2 is 2.10 bits per heavy atom. The van der Waals surface area contributed by atoms with Crippen LogP contribution >= 0.6 is 11.3 Å². The molecule has 0 aromatic carbocycles. The molecule has 2 aromatic heterocycles. The zero-order valence-corrected chi connectivity index (χ0v) is 12.4. The fourth-order valence-corrected chi connectivity index (χ4v) is 3.65. The fraction of sp³-hybridized carbons (Fsp3) is 0.533. The smallest absolute Gasteiger partial charge is 0.262 e. The van der Waals surface area contributed by atoms with E-state index in [4.69, 9.17) is 0 Å². The van der Waals surface area contributed by atoms with E-state index in [1.54, 1.807) is 6.07 Å². The van der Waals surface area contributed by atoms with Gasteiger partial charge in [-0.05, 0) is 49.0 Å². The summed E-state index contributed by atoms with van der Waals surface area (Å²) in [4.78, 5) is 29.4. The lowest BCUT2D eigenvalue weighted by Gasteiger charge is -2.17. The quantitative estimate of drug-likeness (QED) is 0.915. The molecule has 2 aliphatic rings. The van der Waals surface area contributed by atoms with Crippen LogP contribution in [0.5, 0.6) is 0 Å². The van der Waals surface area contributed by atoms with Crippen molar-refractivity contribution in [3.8, 4) is 0 Å². The molecule has 0 spiro atoms. The maximum atomic E-state index is 12.3. The van der Waals surface area contributed by atoms with Gasteiger partial charge in [-0.3, -0.25) is 14.2 Å². The van der Waals surface area contributed by atoms with E-state index in [1.807, 2.05) is 5.38 Å². The standard InChI is InChI=1S/C15H17N3O2S/c19-12(17-13(9-1-2-9)10-3-4-10)7-18-8-16-14-11(15(18)20)5-6-21-14/h5-6,8-10,13H,1-4,7H2,(H,17,19). The van der Waals surface area contributed by atoms with Crippen molar-refractivity contribution in [2.45, 2.75) is 38.3 Å². The van der Waals surface area contributed by atoms with Gasteiger partial charge < -0.3 is 5.32 Å². The molecular weight excluding hydrogens is 286 g/mol. The first-order valence-electron chi connectivity index (χ1n) is 7.44. The Bertz CT molecular complexity index is 731. The van der Waals surface area contributed by atoms with E-state index in [1.165, 1.54) is 47.9 Å². The Kier molecular flexibility index (Phi) is 3.06. The predicted octanol–water partition coefficient (Wildman–Crippen LogP) is 1.76. The van der Waals surface area contributed by atoms with Gasteiger partial charge in [0.15, 0.2) is 0 Å². The molecule has 2 aromatic rings. The van der Waals surface area contributed by atoms with Crippen molar-refractivity contribution in [2.75, 3.05) is 0 Å². The molecule has 0 aliphatic heterocycles. The van der Waals surface area contributed by atoms with Gasteiger partial charge in [0.25, 0.3) is 5.56 Å². The Balaban J connectivity index is 1.49. The number of hydrogen-bond acceptors (Lipinski definition) is 4. The molecule has 110 valence electrons. The summed E-state index contributed by atoms with van der Waals surface area (Å²) >= 11 is 1.44. The van der Waals surface area contributed by atoms with Gasteiger partial charge >= 0.3 is 0 Å². The average Bonchev–Trinajstić information content (AvgIpc) is 3.38. The number of thiophene rings is 1. The number of rotatable bonds is 5. The van der Waals surface area contributed by atoms with Gasteiger partial charge in [0, 0.05) is 6.04 Å². The van der Waals surface area contributed by atoms with Gasteiger partial charge in [-0.1, -0.05) is 0 Å². The third-order valence-corrected chi connectivity index (χ3v) is 5.17. The number of amides is 1. The van der Waals surface area contributed by atoms with Gasteiger partial charge in [0.2, 0.25) is 5.91 Å². The molecule has 4 rings (SSSR count). The van der Waals surface area contributed by atoms with Crippen LogP contribution < -0.4 is 10.9 Å². The highest BCUT2D eigenvalue weighted by molar-refractivity contribution is 7.16. The van der Waals surface area contributed by atoms with Crippen LogP contribution in [0.2, 0.25) is 0 Å². The molecule has 2 saturated carbocycles. The van der Waals surface area contributed by atoms with Crippen molar-refractivity contribution in [3.05, 3.63) is 28.1 Å². The molecule has 2 heterocycles. The van der Waals surface area contributed by atoms with Crippen molar-refractivity contribution in [1.82, 2.24) is 14.9 Å². The molecule has 0 bridgehead atoms. The molecule has 0 atom stereocenters. The first-order chi connectivity index (χ1) is 10.2. The Hall–Kier alpha value is -1.69. The van der Waals surface area contributed by atoms with Crippen molar-refractivity contribution < 1.29 is 4.79 Å². The highest BCUT2D eigenvalue weighted by Gasteiger charge is 2.42. The van der Waals surface area contributed by atoms with Crippen LogP contribution in [0, 0.1) is 11.8 Å². The molecular formula is C15H17N3O2S. The minimum atomic E-state index is -0.134. The molecule has 1 amide bonds. The maximum absolute atomic E-state index is 12.3. The molecule has 2 aliphatic carbocycles. The van der Waals surface area contributed by atoms with Crippen molar-refractivity contribution >= 4 is 27.5 Å². The lowest BCUT2D eigenvalue weighted by atomic mass is 10.1.